The molecule has 3 aromatic rings. The smallest absolute Gasteiger partial charge is 0.0839 e. The van der Waals surface area contributed by atoms with Crippen molar-refractivity contribution in [2.45, 2.75) is 25.3 Å². The van der Waals surface area contributed by atoms with Crippen LogP contribution in [0.25, 0.3) is 0 Å². The molecule has 0 bridgehead atoms. The molecule has 0 amide bonds. The van der Waals surface area contributed by atoms with Gasteiger partial charge in [0.2, 0.25) is 0 Å². The van der Waals surface area contributed by atoms with Gasteiger partial charge in [0.1, 0.15) is 0 Å². The summed E-state index contributed by atoms with van der Waals surface area (Å²) in [6, 6.07) is 34.2. The Bertz CT molecular complexity index is 921. The molecule has 5 rings (SSSR count). The highest BCUT2D eigenvalue weighted by Crippen LogP contribution is 2.52. The van der Waals surface area contributed by atoms with Crippen LogP contribution < -0.4 is 15.6 Å². The minimum absolute atomic E-state index is 0.588. The van der Waals surface area contributed by atoms with E-state index >= 15 is 0 Å². The molecular weight excluding hydrogens is 364 g/mol. The summed E-state index contributed by atoms with van der Waals surface area (Å²) >= 11 is 0. The third-order valence-electron chi connectivity index (χ3n) is 7.06. The molecule has 3 aromatic carbocycles. The summed E-state index contributed by atoms with van der Waals surface area (Å²) in [6.07, 6.45) is 9.63. The highest BCUT2D eigenvalue weighted by molar-refractivity contribution is 7.12. The van der Waals surface area contributed by atoms with Crippen molar-refractivity contribution in [3.05, 3.63) is 115 Å². The lowest BCUT2D eigenvalue weighted by Crippen LogP contribution is -2.70. The molecule has 3 atom stereocenters. The van der Waals surface area contributed by atoms with Crippen LogP contribution >= 0.6 is 0 Å². The van der Waals surface area contributed by atoms with Gasteiger partial charge in [0.05, 0.1) is 0 Å². The SMILES string of the molecule is CC1CC2CC=CC=C2C1[Si](c1ccccc1)(c1ccccc1)c1ccccc1. The zero-order valence-corrected chi connectivity index (χ0v) is 18.0. The molecule has 1 heteroatoms. The van der Waals surface area contributed by atoms with Crippen LogP contribution in [0.1, 0.15) is 19.8 Å². The maximum absolute atomic E-state index is 2.50. The van der Waals surface area contributed by atoms with E-state index in [1.54, 1.807) is 5.57 Å². The number of benzene rings is 3. The van der Waals surface area contributed by atoms with E-state index in [0.29, 0.717) is 17.4 Å². The zero-order valence-electron chi connectivity index (χ0n) is 17.0. The summed E-state index contributed by atoms with van der Waals surface area (Å²) in [5.41, 5.74) is 2.29. The Balaban J connectivity index is 1.86. The summed E-state index contributed by atoms with van der Waals surface area (Å²) in [7, 11) is -2.26. The van der Waals surface area contributed by atoms with Gasteiger partial charge in [-0.15, -0.1) is 0 Å². The standard InChI is InChI=1S/C28H28Si/c1-22-21-23-13-11-12-20-27(23)28(22)29(24-14-5-2-6-15-24,25-16-7-3-8-17-25)26-18-9-4-10-19-26/h2-12,14-20,22-23,28H,13,21H2,1H3. The molecular formula is C28H28Si. The third-order valence-corrected chi connectivity index (χ3v) is 12.6. The van der Waals surface area contributed by atoms with E-state index in [1.165, 1.54) is 28.4 Å². The van der Waals surface area contributed by atoms with Crippen LogP contribution in [0.15, 0.2) is 115 Å². The van der Waals surface area contributed by atoms with E-state index in [2.05, 4.69) is 116 Å². The van der Waals surface area contributed by atoms with Crippen LogP contribution in [-0.4, -0.2) is 8.07 Å². The van der Waals surface area contributed by atoms with E-state index in [1.807, 2.05) is 0 Å². The molecule has 2 aliphatic carbocycles. The van der Waals surface area contributed by atoms with Gasteiger partial charge in [0.25, 0.3) is 0 Å². The maximum atomic E-state index is 2.50. The van der Waals surface area contributed by atoms with Crippen molar-refractivity contribution >= 4 is 23.6 Å². The van der Waals surface area contributed by atoms with Gasteiger partial charge < -0.3 is 0 Å². The van der Waals surface area contributed by atoms with Crippen LogP contribution in [0.2, 0.25) is 5.54 Å². The van der Waals surface area contributed by atoms with E-state index < -0.39 is 8.07 Å². The van der Waals surface area contributed by atoms with E-state index in [0.717, 1.165) is 0 Å². The molecule has 2 aliphatic rings. The van der Waals surface area contributed by atoms with Crippen molar-refractivity contribution in [2.75, 3.05) is 0 Å². The van der Waals surface area contributed by atoms with E-state index in [-0.39, 0.29) is 0 Å². The van der Waals surface area contributed by atoms with Crippen LogP contribution in [0.4, 0.5) is 0 Å². The Hall–Kier alpha value is -2.64. The van der Waals surface area contributed by atoms with Gasteiger partial charge in [-0.25, -0.2) is 0 Å². The summed E-state index contributed by atoms with van der Waals surface area (Å²) in [6.45, 7) is 2.50. The fourth-order valence-corrected chi connectivity index (χ4v) is 12.1. The number of rotatable bonds is 4. The predicted molar refractivity (Wildman–Crippen MR) is 127 cm³/mol. The molecule has 0 spiro atoms. The van der Waals surface area contributed by atoms with Gasteiger partial charge in [0.15, 0.2) is 8.07 Å². The second kappa shape index (κ2) is 7.65. The second-order valence-electron chi connectivity index (χ2n) is 8.62. The fraction of sp³-hybridized carbons (Fsp3) is 0.214. The number of hydrogen-bond donors (Lipinski definition) is 0. The molecule has 29 heavy (non-hydrogen) atoms. The molecule has 0 aliphatic heterocycles. The molecule has 1 saturated carbocycles. The normalized spacial score (nSPS) is 23.5. The number of allylic oxidation sites excluding steroid dienone is 4. The highest BCUT2D eigenvalue weighted by Gasteiger charge is 2.53. The Morgan fingerprint density at radius 1 is 0.690 bits per heavy atom. The maximum Gasteiger partial charge on any atom is 0.155 e. The van der Waals surface area contributed by atoms with Crippen molar-refractivity contribution in [2.24, 2.45) is 11.8 Å². The summed E-state index contributed by atoms with van der Waals surface area (Å²) in [4.78, 5) is 0. The fourth-order valence-electron chi connectivity index (χ4n) is 6.02. The van der Waals surface area contributed by atoms with Crippen molar-refractivity contribution < 1.29 is 0 Å². The second-order valence-corrected chi connectivity index (χ2v) is 12.6. The Kier molecular flexibility index (Phi) is 4.85. The van der Waals surface area contributed by atoms with E-state index in [4.69, 9.17) is 0 Å². The molecule has 144 valence electrons. The van der Waals surface area contributed by atoms with Crippen molar-refractivity contribution in [1.29, 1.82) is 0 Å². The van der Waals surface area contributed by atoms with Gasteiger partial charge in [-0.2, -0.15) is 0 Å². The molecule has 0 saturated heterocycles. The van der Waals surface area contributed by atoms with Gasteiger partial charge in [-0.3, -0.25) is 0 Å². The lowest BCUT2D eigenvalue weighted by atomic mass is 9.94. The summed E-state index contributed by atoms with van der Waals surface area (Å²) < 4.78 is 0. The van der Waals surface area contributed by atoms with Crippen molar-refractivity contribution in [1.82, 2.24) is 0 Å². The third kappa shape index (κ3) is 2.96. The van der Waals surface area contributed by atoms with Crippen LogP contribution in [-0.2, 0) is 0 Å². The lowest BCUT2D eigenvalue weighted by Gasteiger charge is -2.42. The monoisotopic (exact) mass is 392 g/mol. The first-order valence-electron chi connectivity index (χ1n) is 10.8. The lowest BCUT2D eigenvalue weighted by molar-refractivity contribution is 0.536. The average Bonchev–Trinajstić information content (AvgIpc) is 3.13. The first-order valence-corrected chi connectivity index (χ1v) is 12.9. The first-order chi connectivity index (χ1) is 14.3. The topological polar surface area (TPSA) is 0 Å². The molecule has 3 unspecified atom stereocenters. The van der Waals surface area contributed by atoms with E-state index in [9.17, 15) is 0 Å². The quantitative estimate of drug-likeness (QED) is 0.430. The summed E-state index contributed by atoms with van der Waals surface area (Å²) in [5.74, 6) is 1.39. The minimum atomic E-state index is -2.26. The van der Waals surface area contributed by atoms with Crippen LogP contribution in [0, 0.1) is 11.8 Å². The summed E-state index contributed by atoms with van der Waals surface area (Å²) in [5, 5.41) is 4.60. The van der Waals surface area contributed by atoms with Gasteiger partial charge in [-0.05, 0) is 45.8 Å². The molecule has 0 N–H and O–H groups in total. The minimum Gasteiger partial charge on any atom is -0.0839 e. The highest BCUT2D eigenvalue weighted by atomic mass is 28.3. The van der Waals surface area contributed by atoms with Crippen molar-refractivity contribution in [3.63, 3.8) is 0 Å². The Labute approximate surface area is 175 Å². The van der Waals surface area contributed by atoms with Crippen LogP contribution in [0.3, 0.4) is 0 Å². The molecule has 0 aromatic heterocycles. The Morgan fingerprint density at radius 2 is 1.17 bits per heavy atom. The van der Waals surface area contributed by atoms with Crippen LogP contribution in [0.5, 0.6) is 0 Å². The zero-order chi connectivity index (χ0) is 19.7. The first kappa shape index (κ1) is 18.4. The van der Waals surface area contributed by atoms with Gasteiger partial charge >= 0.3 is 0 Å². The largest absolute Gasteiger partial charge is 0.155 e. The molecule has 1 fully saturated rings. The molecule has 0 radical (unpaired) electrons. The predicted octanol–water partition coefficient (Wildman–Crippen LogP) is 5.07. The van der Waals surface area contributed by atoms with Crippen molar-refractivity contribution in [3.8, 4) is 0 Å². The van der Waals surface area contributed by atoms with Gasteiger partial charge in [0, 0.05) is 0 Å². The molecule has 0 heterocycles. The average molecular weight is 393 g/mol. The molecule has 0 nitrogen and oxygen atoms in total. The number of fused-ring (bicyclic) bond motifs is 1. The van der Waals surface area contributed by atoms with Gasteiger partial charge in [-0.1, -0.05) is 122 Å². The Morgan fingerprint density at radius 3 is 1.66 bits per heavy atom. The number of hydrogen-bond acceptors (Lipinski definition) is 0.